The SMILES string of the molecule is C[C@H](NC(=O)[C@@H]1CCCN1c1nc2ccccc2c(=O)o1)C(N)=O. The molecule has 2 amide bonds. The fraction of sp³-hybridized carbons (Fsp3) is 0.375. The second kappa shape index (κ2) is 6.31. The fourth-order valence-electron chi connectivity index (χ4n) is 2.78. The predicted molar refractivity (Wildman–Crippen MR) is 87.4 cm³/mol. The zero-order chi connectivity index (χ0) is 17.3. The molecule has 126 valence electrons. The van der Waals surface area contributed by atoms with Crippen LogP contribution in [0.2, 0.25) is 0 Å². The average Bonchev–Trinajstić information content (AvgIpc) is 3.04. The summed E-state index contributed by atoms with van der Waals surface area (Å²) in [6, 6.07) is 5.67. The number of benzene rings is 1. The molecular weight excluding hydrogens is 312 g/mol. The molecule has 24 heavy (non-hydrogen) atoms. The van der Waals surface area contributed by atoms with Crippen LogP contribution in [0.15, 0.2) is 33.5 Å². The third-order valence-electron chi connectivity index (χ3n) is 4.11. The van der Waals surface area contributed by atoms with Gasteiger partial charge in [0.05, 0.1) is 10.9 Å². The van der Waals surface area contributed by atoms with Crippen LogP contribution in [0.4, 0.5) is 6.01 Å². The van der Waals surface area contributed by atoms with Gasteiger partial charge in [-0.2, -0.15) is 4.98 Å². The lowest BCUT2D eigenvalue weighted by molar-refractivity contribution is -0.127. The van der Waals surface area contributed by atoms with Crippen LogP contribution in [-0.4, -0.2) is 35.4 Å². The van der Waals surface area contributed by atoms with Crippen molar-refractivity contribution in [3.05, 3.63) is 34.7 Å². The molecule has 1 saturated heterocycles. The van der Waals surface area contributed by atoms with Gasteiger partial charge in [0.25, 0.3) is 0 Å². The minimum absolute atomic E-state index is 0.114. The standard InChI is InChI=1S/C16H18N4O4/c1-9(13(17)21)18-14(22)12-7-4-8-20(12)16-19-11-6-3-2-5-10(11)15(23)24-16/h2-3,5-6,9,12H,4,7-8H2,1H3,(H2,17,21)(H,18,22)/t9-,12-/m0/s1. The summed E-state index contributed by atoms with van der Waals surface area (Å²) < 4.78 is 5.29. The number of carbonyl (C=O) groups is 2. The maximum atomic E-state index is 12.4. The summed E-state index contributed by atoms with van der Waals surface area (Å²) in [5.41, 5.74) is 5.19. The second-order valence-electron chi connectivity index (χ2n) is 5.79. The summed E-state index contributed by atoms with van der Waals surface area (Å²) in [5, 5.41) is 2.96. The fourth-order valence-corrected chi connectivity index (χ4v) is 2.78. The summed E-state index contributed by atoms with van der Waals surface area (Å²) in [7, 11) is 0. The molecule has 0 radical (unpaired) electrons. The van der Waals surface area contributed by atoms with Crippen molar-refractivity contribution >= 4 is 28.7 Å². The number of nitrogens with zero attached hydrogens (tertiary/aromatic N) is 2. The van der Waals surface area contributed by atoms with Gasteiger partial charge in [-0.15, -0.1) is 0 Å². The van der Waals surface area contributed by atoms with Gasteiger partial charge in [-0.1, -0.05) is 12.1 Å². The number of nitrogens with one attached hydrogen (secondary N) is 1. The van der Waals surface area contributed by atoms with Gasteiger partial charge >= 0.3 is 11.6 Å². The van der Waals surface area contributed by atoms with Crippen molar-refractivity contribution in [3.8, 4) is 0 Å². The molecule has 3 rings (SSSR count). The number of carbonyl (C=O) groups excluding carboxylic acids is 2. The Morgan fingerprint density at radius 3 is 2.92 bits per heavy atom. The number of hydrogen-bond acceptors (Lipinski definition) is 6. The van der Waals surface area contributed by atoms with Crippen molar-refractivity contribution in [1.29, 1.82) is 0 Å². The Bertz CT molecular complexity index is 847. The Morgan fingerprint density at radius 2 is 2.17 bits per heavy atom. The highest BCUT2D eigenvalue weighted by atomic mass is 16.4. The minimum atomic E-state index is -0.767. The van der Waals surface area contributed by atoms with E-state index in [-0.39, 0.29) is 11.9 Å². The Morgan fingerprint density at radius 1 is 1.42 bits per heavy atom. The van der Waals surface area contributed by atoms with Crippen LogP contribution < -0.4 is 21.6 Å². The predicted octanol–water partition coefficient (Wildman–Crippen LogP) is 0.147. The van der Waals surface area contributed by atoms with Crippen LogP contribution in [0.1, 0.15) is 19.8 Å². The summed E-state index contributed by atoms with van der Waals surface area (Å²) in [5.74, 6) is -0.945. The first kappa shape index (κ1) is 16.0. The number of nitrogens with two attached hydrogens (primary N) is 1. The highest BCUT2D eigenvalue weighted by Gasteiger charge is 2.34. The van der Waals surface area contributed by atoms with E-state index in [0.717, 1.165) is 6.42 Å². The molecule has 0 saturated carbocycles. The molecule has 2 atom stereocenters. The quantitative estimate of drug-likeness (QED) is 0.823. The first-order chi connectivity index (χ1) is 11.5. The molecule has 1 aliphatic heterocycles. The molecule has 3 N–H and O–H groups in total. The topological polar surface area (TPSA) is 119 Å². The average molecular weight is 330 g/mol. The molecule has 0 spiro atoms. The molecule has 1 aliphatic rings. The molecule has 0 bridgehead atoms. The summed E-state index contributed by atoms with van der Waals surface area (Å²) >= 11 is 0. The first-order valence-corrected chi connectivity index (χ1v) is 7.73. The Balaban J connectivity index is 1.89. The molecule has 8 heteroatoms. The van der Waals surface area contributed by atoms with E-state index in [4.69, 9.17) is 10.2 Å². The molecule has 1 aromatic heterocycles. The molecule has 1 aromatic carbocycles. The van der Waals surface area contributed by atoms with Crippen LogP contribution in [0.5, 0.6) is 0 Å². The van der Waals surface area contributed by atoms with E-state index in [2.05, 4.69) is 10.3 Å². The van der Waals surface area contributed by atoms with E-state index in [0.29, 0.717) is 23.9 Å². The van der Waals surface area contributed by atoms with Crippen molar-refractivity contribution in [3.63, 3.8) is 0 Å². The number of rotatable bonds is 4. The minimum Gasteiger partial charge on any atom is -0.389 e. The highest BCUT2D eigenvalue weighted by molar-refractivity contribution is 5.90. The lowest BCUT2D eigenvalue weighted by atomic mass is 10.2. The van der Waals surface area contributed by atoms with Gasteiger partial charge in [0.2, 0.25) is 11.8 Å². The third kappa shape index (κ3) is 2.94. The normalized spacial score (nSPS) is 18.5. The van der Waals surface area contributed by atoms with E-state index in [1.807, 2.05) is 0 Å². The Hall–Kier alpha value is -2.90. The van der Waals surface area contributed by atoms with Crippen molar-refractivity contribution in [2.45, 2.75) is 31.8 Å². The summed E-state index contributed by atoms with van der Waals surface area (Å²) in [4.78, 5) is 41.6. The zero-order valence-corrected chi connectivity index (χ0v) is 13.2. The van der Waals surface area contributed by atoms with Gasteiger partial charge < -0.3 is 20.4 Å². The van der Waals surface area contributed by atoms with E-state index < -0.39 is 23.6 Å². The van der Waals surface area contributed by atoms with E-state index in [1.165, 1.54) is 6.92 Å². The number of hydrogen-bond donors (Lipinski definition) is 2. The first-order valence-electron chi connectivity index (χ1n) is 7.73. The van der Waals surface area contributed by atoms with Gasteiger partial charge in [0.1, 0.15) is 12.1 Å². The molecule has 8 nitrogen and oxygen atoms in total. The third-order valence-corrected chi connectivity index (χ3v) is 4.11. The second-order valence-corrected chi connectivity index (χ2v) is 5.79. The number of amides is 2. The van der Waals surface area contributed by atoms with Crippen LogP contribution in [-0.2, 0) is 9.59 Å². The largest absolute Gasteiger partial charge is 0.389 e. The number of para-hydroxylation sites is 1. The number of aromatic nitrogens is 1. The zero-order valence-electron chi connectivity index (χ0n) is 13.2. The van der Waals surface area contributed by atoms with Gasteiger partial charge in [-0.3, -0.25) is 9.59 Å². The van der Waals surface area contributed by atoms with Gasteiger partial charge in [-0.25, -0.2) is 4.79 Å². The maximum Gasteiger partial charge on any atom is 0.348 e. The van der Waals surface area contributed by atoms with Crippen molar-refractivity contribution in [1.82, 2.24) is 10.3 Å². The lowest BCUT2D eigenvalue weighted by Gasteiger charge is -2.24. The van der Waals surface area contributed by atoms with Crippen LogP contribution in [0.3, 0.4) is 0 Å². The molecule has 2 heterocycles. The smallest absolute Gasteiger partial charge is 0.348 e. The monoisotopic (exact) mass is 330 g/mol. The Kier molecular flexibility index (Phi) is 4.20. The molecule has 0 unspecified atom stereocenters. The lowest BCUT2D eigenvalue weighted by Crippen LogP contribution is -2.50. The molecule has 1 fully saturated rings. The van der Waals surface area contributed by atoms with Crippen molar-refractivity contribution < 1.29 is 14.0 Å². The maximum absolute atomic E-state index is 12.4. The van der Waals surface area contributed by atoms with Gasteiger partial charge in [-0.05, 0) is 31.9 Å². The van der Waals surface area contributed by atoms with E-state index in [9.17, 15) is 14.4 Å². The molecular formula is C16H18N4O4. The summed E-state index contributed by atoms with van der Waals surface area (Å²) in [6.45, 7) is 2.06. The van der Waals surface area contributed by atoms with E-state index >= 15 is 0 Å². The van der Waals surface area contributed by atoms with E-state index in [1.54, 1.807) is 29.2 Å². The van der Waals surface area contributed by atoms with Crippen LogP contribution >= 0.6 is 0 Å². The van der Waals surface area contributed by atoms with Gasteiger partial charge in [0.15, 0.2) is 0 Å². The summed E-state index contributed by atoms with van der Waals surface area (Å²) in [6.07, 6.45) is 1.33. The number of fused-ring (bicyclic) bond motifs is 1. The van der Waals surface area contributed by atoms with Crippen molar-refractivity contribution in [2.24, 2.45) is 5.73 Å². The van der Waals surface area contributed by atoms with Crippen LogP contribution in [0, 0.1) is 0 Å². The van der Waals surface area contributed by atoms with Crippen LogP contribution in [0.25, 0.3) is 10.9 Å². The number of primary amides is 1. The van der Waals surface area contributed by atoms with Gasteiger partial charge in [0, 0.05) is 6.54 Å². The molecule has 2 aromatic rings. The molecule has 0 aliphatic carbocycles. The number of anilines is 1. The Labute approximate surface area is 137 Å². The van der Waals surface area contributed by atoms with Crippen molar-refractivity contribution in [2.75, 3.05) is 11.4 Å². The highest BCUT2D eigenvalue weighted by Crippen LogP contribution is 2.24.